The molecule has 0 saturated heterocycles. The zero-order chi connectivity index (χ0) is 15.0. The van der Waals surface area contributed by atoms with Crippen molar-refractivity contribution < 1.29 is 14.6 Å². The van der Waals surface area contributed by atoms with Crippen LogP contribution < -0.4 is 4.74 Å². The fraction of sp³-hybridized carbons (Fsp3) is 0.294. The third-order valence-electron chi connectivity index (χ3n) is 4.07. The third kappa shape index (κ3) is 2.75. The Morgan fingerprint density at radius 2 is 2.05 bits per heavy atom. The summed E-state index contributed by atoms with van der Waals surface area (Å²) in [5.74, 6) is 0.152. The fourth-order valence-corrected chi connectivity index (χ4v) is 2.30. The Kier molecular flexibility index (Phi) is 3.16. The first kappa shape index (κ1) is 13.6. The van der Waals surface area contributed by atoms with Gasteiger partial charge in [0.1, 0.15) is 5.75 Å². The van der Waals surface area contributed by atoms with Crippen molar-refractivity contribution in [3.05, 3.63) is 53.2 Å². The minimum absolute atomic E-state index is 0.149. The number of carboxylic acids is 1. The van der Waals surface area contributed by atoms with Crippen LogP contribution in [0.4, 0.5) is 0 Å². The molecule has 1 aromatic heterocycles. The molecule has 1 fully saturated rings. The van der Waals surface area contributed by atoms with Crippen molar-refractivity contribution in [2.75, 3.05) is 0 Å². The van der Waals surface area contributed by atoms with Gasteiger partial charge in [-0.3, -0.25) is 0 Å². The van der Waals surface area contributed by atoms with E-state index in [0.717, 1.165) is 11.3 Å². The van der Waals surface area contributed by atoms with Crippen LogP contribution in [-0.2, 0) is 5.41 Å². The summed E-state index contributed by atoms with van der Waals surface area (Å²) >= 11 is 0. The highest BCUT2D eigenvalue weighted by molar-refractivity contribution is 5.87. The number of hydrogen-bond acceptors (Lipinski definition) is 3. The number of carboxylic acid groups (broad SMARTS) is 1. The fourth-order valence-electron chi connectivity index (χ4n) is 2.30. The number of aromatic nitrogens is 1. The average Bonchev–Trinajstić information content (AvgIpc) is 3.21. The highest BCUT2D eigenvalue weighted by Crippen LogP contribution is 2.48. The van der Waals surface area contributed by atoms with E-state index in [1.54, 1.807) is 6.07 Å². The number of ether oxygens (including phenoxy) is 1. The third-order valence-corrected chi connectivity index (χ3v) is 4.07. The van der Waals surface area contributed by atoms with Crippen molar-refractivity contribution >= 4 is 5.97 Å². The second-order valence-corrected chi connectivity index (χ2v) is 5.83. The lowest BCUT2D eigenvalue weighted by Gasteiger charge is -2.13. The van der Waals surface area contributed by atoms with Gasteiger partial charge in [-0.25, -0.2) is 9.78 Å². The minimum atomic E-state index is -0.993. The van der Waals surface area contributed by atoms with Crippen LogP contribution >= 0.6 is 0 Å². The molecule has 0 unspecified atom stereocenters. The van der Waals surface area contributed by atoms with Crippen molar-refractivity contribution in [1.82, 2.24) is 4.98 Å². The number of aryl methyl sites for hydroxylation is 1. The summed E-state index contributed by atoms with van der Waals surface area (Å²) in [7, 11) is 0. The van der Waals surface area contributed by atoms with Crippen LogP contribution in [0.1, 0.15) is 41.3 Å². The first-order valence-electron chi connectivity index (χ1n) is 6.96. The largest absolute Gasteiger partial charge is 0.478 e. The molecule has 1 saturated carbocycles. The van der Waals surface area contributed by atoms with E-state index in [0.29, 0.717) is 11.3 Å². The molecule has 4 nitrogen and oxygen atoms in total. The van der Waals surface area contributed by atoms with Gasteiger partial charge in [0.15, 0.2) is 0 Å². The topological polar surface area (TPSA) is 59.4 Å². The van der Waals surface area contributed by atoms with E-state index in [1.807, 2.05) is 13.0 Å². The van der Waals surface area contributed by atoms with E-state index in [-0.39, 0.29) is 5.56 Å². The number of hydrogen-bond donors (Lipinski definition) is 1. The van der Waals surface area contributed by atoms with Gasteiger partial charge in [0.2, 0.25) is 5.88 Å². The molecule has 2 aromatic rings. The van der Waals surface area contributed by atoms with Crippen molar-refractivity contribution in [3.63, 3.8) is 0 Å². The van der Waals surface area contributed by atoms with Gasteiger partial charge < -0.3 is 9.84 Å². The van der Waals surface area contributed by atoms with Gasteiger partial charge in [-0.15, -0.1) is 0 Å². The van der Waals surface area contributed by atoms with Gasteiger partial charge in [0.05, 0.1) is 5.56 Å². The molecule has 0 amide bonds. The average molecular weight is 283 g/mol. The predicted molar refractivity (Wildman–Crippen MR) is 79.0 cm³/mol. The number of benzene rings is 1. The number of nitrogens with zero attached hydrogens (tertiary/aromatic N) is 1. The van der Waals surface area contributed by atoms with Crippen LogP contribution in [0.25, 0.3) is 0 Å². The van der Waals surface area contributed by atoms with Crippen LogP contribution in [0.5, 0.6) is 11.6 Å². The molecule has 4 heteroatoms. The SMILES string of the molecule is Cc1cc(C2(C)CC2)ccc1Oc1ccc(C(=O)O)cn1. The Morgan fingerprint density at radius 1 is 1.29 bits per heavy atom. The lowest BCUT2D eigenvalue weighted by molar-refractivity contribution is 0.0696. The van der Waals surface area contributed by atoms with Crippen LogP contribution in [0, 0.1) is 6.92 Å². The molecule has 0 spiro atoms. The monoisotopic (exact) mass is 283 g/mol. The maximum absolute atomic E-state index is 10.8. The molecule has 1 N–H and O–H groups in total. The van der Waals surface area contributed by atoms with E-state index in [1.165, 1.54) is 30.7 Å². The molecule has 0 aliphatic heterocycles. The maximum Gasteiger partial charge on any atom is 0.337 e. The standard InChI is InChI=1S/C17H17NO3/c1-11-9-13(17(2)7-8-17)4-5-14(11)21-15-6-3-12(10-18-15)16(19)20/h3-6,9-10H,7-8H2,1-2H3,(H,19,20). The number of carbonyl (C=O) groups is 1. The number of pyridine rings is 1. The normalized spacial score (nSPS) is 15.5. The predicted octanol–water partition coefficient (Wildman–Crippen LogP) is 3.93. The summed E-state index contributed by atoms with van der Waals surface area (Å²) in [5.41, 5.74) is 2.90. The Hall–Kier alpha value is -2.36. The summed E-state index contributed by atoms with van der Waals surface area (Å²) in [5, 5.41) is 8.84. The van der Waals surface area contributed by atoms with Gasteiger partial charge in [-0.1, -0.05) is 19.1 Å². The van der Waals surface area contributed by atoms with E-state index >= 15 is 0 Å². The van der Waals surface area contributed by atoms with E-state index < -0.39 is 5.97 Å². The smallest absolute Gasteiger partial charge is 0.337 e. The van der Waals surface area contributed by atoms with E-state index in [2.05, 4.69) is 24.0 Å². The summed E-state index contributed by atoms with van der Waals surface area (Å²) in [6, 6.07) is 9.27. The molecule has 0 atom stereocenters. The zero-order valence-electron chi connectivity index (χ0n) is 12.1. The number of rotatable bonds is 4. The Bertz CT molecular complexity index is 688. The molecule has 1 aliphatic carbocycles. The van der Waals surface area contributed by atoms with Crippen LogP contribution in [-0.4, -0.2) is 16.1 Å². The summed E-state index contributed by atoms with van der Waals surface area (Å²) in [6.07, 6.45) is 3.78. The van der Waals surface area contributed by atoms with Crippen molar-refractivity contribution in [1.29, 1.82) is 0 Å². The lowest BCUT2D eigenvalue weighted by Crippen LogP contribution is -2.01. The molecular weight excluding hydrogens is 266 g/mol. The van der Waals surface area contributed by atoms with Crippen LogP contribution in [0.2, 0.25) is 0 Å². The Morgan fingerprint density at radius 3 is 2.57 bits per heavy atom. The molecule has 1 heterocycles. The second-order valence-electron chi connectivity index (χ2n) is 5.83. The second kappa shape index (κ2) is 4.88. The van der Waals surface area contributed by atoms with Crippen LogP contribution in [0.3, 0.4) is 0 Å². The van der Waals surface area contributed by atoms with Gasteiger partial charge >= 0.3 is 5.97 Å². The summed E-state index contributed by atoms with van der Waals surface area (Å²) in [6.45, 7) is 4.28. The minimum Gasteiger partial charge on any atom is -0.478 e. The first-order valence-corrected chi connectivity index (χ1v) is 6.96. The van der Waals surface area contributed by atoms with Gasteiger partial charge in [-0.05, 0) is 48.4 Å². The van der Waals surface area contributed by atoms with Crippen LogP contribution in [0.15, 0.2) is 36.5 Å². The van der Waals surface area contributed by atoms with Gasteiger partial charge in [-0.2, -0.15) is 0 Å². The molecule has 1 aromatic carbocycles. The zero-order valence-corrected chi connectivity index (χ0v) is 12.1. The molecule has 1 aliphatic rings. The molecule has 0 bridgehead atoms. The molecule has 108 valence electrons. The Balaban J connectivity index is 1.79. The first-order chi connectivity index (χ1) is 9.98. The van der Waals surface area contributed by atoms with E-state index in [4.69, 9.17) is 9.84 Å². The maximum atomic E-state index is 10.8. The van der Waals surface area contributed by atoms with Crippen molar-refractivity contribution in [2.24, 2.45) is 0 Å². The highest BCUT2D eigenvalue weighted by Gasteiger charge is 2.39. The summed E-state index contributed by atoms with van der Waals surface area (Å²) < 4.78 is 5.73. The molecular formula is C17H17NO3. The van der Waals surface area contributed by atoms with Gasteiger partial charge in [0, 0.05) is 12.3 Å². The lowest BCUT2D eigenvalue weighted by atomic mass is 9.96. The molecule has 3 rings (SSSR count). The summed E-state index contributed by atoms with van der Waals surface area (Å²) in [4.78, 5) is 14.8. The Labute approximate surface area is 123 Å². The molecule has 0 radical (unpaired) electrons. The highest BCUT2D eigenvalue weighted by atomic mass is 16.5. The quantitative estimate of drug-likeness (QED) is 0.923. The molecule has 21 heavy (non-hydrogen) atoms. The number of aromatic carboxylic acids is 1. The van der Waals surface area contributed by atoms with E-state index in [9.17, 15) is 4.79 Å². The van der Waals surface area contributed by atoms with Crippen molar-refractivity contribution in [3.8, 4) is 11.6 Å². The van der Waals surface area contributed by atoms with Crippen molar-refractivity contribution in [2.45, 2.75) is 32.1 Å². The van der Waals surface area contributed by atoms with Gasteiger partial charge in [0.25, 0.3) is 0 Å².